The van der Waals surface area contributed by atoms with Gasteiger partial charge in [-0.3, -0.25) is 0 Å². The van der Waals surface area contributed by atoms with E-state index in [1.54, 1.807) is 0 Å². The number of halogens is 2. The largest absolute Gasteiger partial charge is 0.378 e. The van der Waals surface area contributed by atoms with E-state index in [1.807, 2.05) is 6.92 Å². The SMILES string of the molecule is CC(N)(CCCC1CCCO1)c1cc(F)cc(F)c1. The van der Waals surface area contributed by atoms with Gasteiger partial charge >= 0.3 is 0 Å². The first-order valence-corrected chi connectivity index (χ1v) is 6.84. The maximum atomic E-state index is 13.2. The third-order valence-electron chi connectivity index (χ3n) is 3.77. The molecule has 1 fully saturated rings. The molecular formula is C15H21F2NO. The highest BCUT2D eigenvalue weighted by molar-refractivity contribution is 5.24. The molecule has 1 saturated heterocycles. The summed E-state index contributed by atoms with van der Waals surface area (Å²) in [5, 5.41) is 0. The van der Waals surface area contributed by atoms with Crippen molar-refractivity contribution in [3.63, 3.8) is 0 Å². The van der Waals surface area contributed by atoms with E-state index in [2.05, 4.69) is 0 Å². The molecule has 106 valence electrons. The van der Waals surface area contributed by atoms with Crippen molar-refractivity contribution in [2.45, 2.75) is 50.7 Å². The van der Waals surface area contributed by atoms with Gasteiger partial charge in [-0.25, -0.2) is 8.78 Å². The van der Waals surface area contributed by atoms with Crippen LogP contribution in [0.15, 0.2) is 18.2 Å². The molecule has 0 bridgehead atoms. The summed E-state index contributed by atoms with van der Waals surface area (Å²) in [6.45, 7) is 2.66. The Kier molecular flexibility index (Phi) is 4.53. The minimum Gasteiger partial charge on any atom is -0.378 e. The van der Waals surface area contributed by atoms with Crippen molar-refractivity contribution in [3.8, 4) is 0 Å². The minimum absolute atomic E-state index is 0.333. The lowest BCUT2D eigenvalue weighted by Crippen LogP contribution is -2.33. The first-order chi connectivity index (χ1) is 8.97. The van der Waals surface area contributed by atoms with E-state index >= 15 is 0 Å². The van der Waals surface area contributed by atoms with Gasteiger partial charge in [0.2, 0.25) is 0 Å². The van der Waals surface area contributed by atoms with Gasteiger partial charge in [-0.2, -0.15) is 0 Å². The van der Waals surface area contributed by atoms with Crippen LogP contribution in [0.2, 0.25) is 0 Å². The van der Waals surface area contributed by atoms with Crippen molar-refractivity contribution in [3.05, 3.63) is 35.4 Å². The van der Waals surface area contributed by atoms with Crippen LogP contribution >= 0.6 is 0 Å². The molecule has 2 atom stereocenters. The van der Waals surface area contributed by atoms with E-state index < -0.39 is 17.2 Å². The molecule has 0 radical (unpaired) electrons. The molecule has 1 aliphatic heterocycles. The average molecular weight is 269 g/mol. The van der Waals surface area contributed by atoms with Gasteiger partial charge in [-0.05, 0) is 56.7 Å². The number of rotatable bonds is 5. The molecule has 0 aliphatic carbocycles. The van der Waals surface area contributed by atoms with Crippen molar-refractivity contribution in [2.24, 2.45) is 5.73 Å². The van der Waals surface area contributed by atoms with Crippen LogP contribution < -0.4 is 5.73 Å². The zero-order chi connectivity index (χ0) is 13.9. The Morgan fingerprint density at radius 1 is 1.32 bits per heavy atom. The zero-order valence-electron chi connectivity index (χ0n) is 11.3. The van der Waals surface area contributed by atoms with Crippen molar-refractivity contribution in [1.29, 1.82) is 0 Å². The number of hydrogen-bond donors (Lipinski definition) is 1. The summed E-state index contributed by atoms with van der Waals surface area (Å²) in [7, 11) is 0. The summed E-state index contributed by atoms with van der Waals surface area (Å²) in [5.41, 5.74) is 5.99. The van der Waals surface area contributed by atoms with Crippen LogP contribution in [-0.4, -0.2) is 12.7 Å². The average Bonchev–Trinajstić information content (AvgIpc) is 2.80. The summed E-state index contributed by atoms with van der Waals surface area (Å²) >= 11 is 0. The highest BCUT2D eigenvalue weighted by Crippen LogP contribution is 2.27. The van der Waals surface area contributed by atoms with Crippen LogP contribution in [0, 0.1) is 11.6 Å². The summed E-state index contributed by atoms with van der Waals surface area (Å²) in [6.07, 6.45) is 5.12. The Hall–Kier alpha value is -1.00. The van der Waals surface area contributed by atoms with E-state index in [0.717, 1.165) is 38.4 Å². The Morgan fingerprint density at radius 3 is 2.58 bits per heavy atom. The molecule has 4 heteroatoms. The first-order valence-electron chi connectivity index (χ1n) is 6.84. The molecule has 1 aromatic carbocycles. The second kappa shape index (κ2) is 5.97. The van der Waals surface area contributed by atoms with Crippen LogP contribution in [0.4, 0.5) is 8.78 Å². The van der Waals surface area contributed by atoms with Gasteiger partial charge < -0.3 is 10.5 Å². The van der Waals surface area contributed by atoms with Crippen LogP contribution in [-0.2, 0) is 10.3 Å². The highest BCUT2D eigenvalue weighted by atomic mass is 19.1. The van der Waals surface area contributed by atoms with E-state index in [9.17, 15) is 8.78 Å². The molecule has 1 heterocycles. The van der Waals surface area contributed by atoms with Crippen molar-refractivity contribution in [1.82, 2.24) is 0 Å². The minimum atomic E-state index is -0.707. The fourth-order valence-electron chi connectivity index (χ4n) is 2.60. The lowest BCUT2D eigenvalue weighted by molar-refractivity contribution is 0.100. The molecule has 19 heavy (non-hydrogen) atoms. The van der Waals surface area contributed by atoms with Gasteiger partial charge in [0.05, 0.1) is 6.10 Å². The summed E-state index contributed by atoms with van der Waals surface area (Å²) < 4.78 is 32.0. The van der Waals surface area contributed by atoms with Crippen molar-refractivity contribution >= 4 is 0 Å². The molecule has 2 nitrogen and oxygen atoms in total. The highest BCUT2D eigenvalue weighted by Gasteiger charge is 2.23. The number of hydrogen-bond acceptors (Lipinski definition) is 2. The second-order valence-corrected chi connectivity index (χ2v) is 5.60. The Labute approximate surface area is 112 Å². The molecule has 2 unspecified atom stereocenters. The maximum absolute atomic E-state index is 13.2. The summed E-state index contributed by atoms with van der Waals surface area (Å²) in [5.74, 6) is -1.16. The van der Waals surface area contributed by atoms with Gasteiger partial charge in [0.1, 0.15) is 11.6 Å². The Morgan fingerprint density at radius 2 is 2.00 bits per heavy atom. The molecule has 1 aliphatic rings. The summed E-state index contributed by atoms with van der Waals surface area (Å²) in [6, 6.07) is 3.50. The molecule has 0 spiro atoms. The van der Waals surface area contributed by atoms with Crippen molar-refractivity contribution in [2.75, 3.05) is 6.61 Å². The van der Waals surface area contributed by atoms with E-state index in [1.165, 1.54) is 12.1 Å². The fourth-order valence-corrected chi connectivity index (χ4v) is 2.60. The lowest BCUT2D eigenvalue weighted by Gasteiger charge is -2.26. The fraction of sp³-hybridized carbons (Fsp3) is 0.600. The number of benzene rings is 1. The van der Waals surface area contributed by atoms with Crippen molar-refractivity contribution < 1.29 is 13.5 Å². The second-order valence-electron chi connectivity index (χ2n) is 5.60. The molecule has 2 rings (SSSR count). The van der Waals surface area contributed by atoms with Crippen LogP contribution in [0.1, 0.15) is 44.6 Å². The van der Waals surface area contributed by atoms with E-state index in [4.69, 9.17) is 10.5 Å². The summed E-state index contributed by atoms with van der Waals surface area (Å²) in [4.78, 5) is 0. The third-order valence-corrected chi connectivity index (χ3v) is 3.77. The molecule has 2 N–H and O–H groups in total. The topological polar surface area (TPSA) is 35.2 Å². The zero-order valence-corrected chi connectivity index (χ0v) is 11.3. The normalized spacial score (nSPS) is 22.4. The van der Waals surface area contributed by atoms with Gasteiger partial charge in [0.25, 0.3) is 0 Å². The predicted molar refractivity (Wildman–Crippen MR) is 70.7 cm³/mol. The molecule has 0 aromatic heterocycles. The van der Waals surface area contributed by atoms with Gasteiger partial charge in [-0.1, -0.05) is 0 Å². The first kappa shape index (κ1) is 14.4. The van der Waals surface area contributed by atoms with E-state index in [0.29, 0.717) is 18.1 Å². The number of ether oxygens (including phenoxy) is 1. The van der Waals surface area contributed by atoms with Gasteiger partial charge in [0.15, 0.2) is 0 Å². The predicted octanol–water partition coefficient (Wildman–Crippen LogP) is 3.49. The van der Waals surface area contributed by atoms with Crippen LogP contribution in [0.3, 0.4) is 0 Å². The van der Waals surface area contributed by atoms with Crippen LogP contribution in [0.25, 0.3) is 0 Å². The third kappa shape index (κ3) is 3.98. The van der Waals surface area contributed by atoms with Gasteiger partial charge in [-0.15, -0.1) is 0 Å². The molecule has 1 aromatic rings. The quantitative estimate of drug-likeness (QED) is 0.888. The smallest absolute Gasteiger partial charge is 0.126 e. The Bertz CT molecular complexity index is 408. The Balaban J connectivity index is 1.92. The molecular weight excluding hydrogens is 248 g/mol. The number of nitrogens with two attached hydrogens (primary N) is 1. The van der Waals surface area contributed by atoms with Crippen LogP contribution in [0.5, 0.6) is 0 Å². The lowest BCUT2D eigenvalue weighted by atomic mass is 9.87. The monoisotopic (exact) mass is 269 g/mol. The molecule has 0 amide bonds. The van der Waals surface area contributed by atoms with Gasteiger partial charge in [0, 0.05) is 18.2 Å². The maximum Gasteiger partial charge on any atom is 0.126 e. The standard InChI is InChI=1S/C15H21F2NO/c1-15(18,6-2-4-14-5-3-7-19-14)11-8-12(16)10-13(17)9-11/h8-10,14H,2-7,18H2,1H3. The molecule has 0 saturated carbocycles. The van der Waals surface area contributed by atoms with E-state index in [-0.39, 0.29) is 0 Å².